The number of anilines is 1. The van der Waals surface area contributed by atoms with E-state index in [0.29, 0.717) is 52.0 Å². The number of carbonyl (C=O) groups excluding carboxylic acids is 2. The van der Waals surface area contributed by atoms with E-state index in [9.17, 15) is 9.59 Å². The summed E-state index contributed by atoms with van der Waals surface area (Å²) < 4.78 is 5.44. The lowest BCUT2D eigenvalue weighted by Gasteiger charge is -2.16. The Bertz CT molecular complexity index is 1530. The molecule has 0 aliphatic carbocycles. The topological polar surface area (TPSA) is 123 Å². The molecule has 0 aromatic carbocycles. The van der Waals surface area contributed by atoms with Gasteiger partial charge >= 0.3 is 0 Å². The highest BCUT2D eigenvalue weighted by molar-refractivity contribution is 7.16. The minimum absolute atomic E-state index is 0.193. The van der Waals surface area contributed by atoms with Gasteiger partial charge in [-0.3, -0.25) is 24.9 Å². The summed E-state index contributed by atoms with van der Waals surface area (Å²) in [6, 6.07) is 3.44. The highest BCUT2D eigenvalue weighted by Crippen LogP contribution is 2.35. The third-order valence-corrected chi connectivity index (χ3v) is 7.06. The first-order valence-electron chi connectivity index (χ1n) is 11.3. The maximum Gasteiger partial charge on any atom is 0.275 e. The van der Waals surface area contributed by atoms with Crippen molar-refractivity contribution in [3.05, 3.63) is 74.8 Å². The van der Waals surface area contributed by atoms with Gasteiger partial charge in [0.05, 0.1) is 53.9 Å². The van der Waals surface area contributed by atoms with Gasteiger partial charge in [0.15, 0.2) is 5.13 Å². The number of aromatic nitrogens is 5. The van der Waals surface area contributed by atoms with Crippen LogP contribution >= 0.6 is 22.9 Å². The number of hydrogen-bond acceptors (Lipinski definition) is 9. The van der Waals surface area contributed by atoms with Crippen molar-refractivity contribution >= 4 is 39.9 Å². The first-order valence-corrected chi connectivity index (χ1v) is 12.5. The fourth-order valence-corrected chi connectivity index (χ4v) is 5.25. The molecule has 1 N–H and O–H groups in total. The first kappa shape index (κ1) is 24.7. The fourth-order valence-electron chi connectivity index (χ4n) is 4.11. The number of thiazole rings is 1. The predicted octanol–water partition coefficient (Wildman–Crippen LogP) is 4.39. The molecule has 0 spiro atoms. The fraction of sp³-hybridized carbons (Fsp3) is 0.240. The summed E-state index contributed by atoms with van der Waals surface area (Å²) in [5, 5.41) is 3.59. The van der Waals surface area contributed by atoms with Crippen molar-refractivity contribution in [3.63, 3.8) is 0 Å². The van der Waals surface area contributed by atoms with Crippen LogP contribution in [0.5, 0.6) is 5.75 Å². The Balaban J connectivity index is 1.36. The van der Waals surface area contributed by atoms with Crippen LogP contribution < -0.4 is 10.1 Å². The molecular formula is C25H22ClN7O3S. The molecular weight excluding hydrogens is 514 g/mol. The molecule has 0 saturated carbocycles. The van der Waals surface area contributed by atoms with Gasteiger partial charge in [-0.05, 0) is 32.9 Å². The highest BCUT2D eigenvalue weighted by Gasteiger charge is 2.30. The summed E-state index contributed by atoms with van der Waals surface area (Å²) in [5.74, 6) is -0.0833. The summed E-state index contributed by atoms with van der Waals surface area (Å²) in [6.45, 7) is 6.16. The molecule has 12 heteroatoms. The van der Waals surface area contributed by atoms with Crippen LogP contribution in [0.15, 0.2) is 30.7 Å². The lowest BCUT2D eigenvalue weighted by Crippen LogP contribution is -2.27. The van der Waals surface area contributed by atoms with E-state index >= 15 is 0 Å². The monoisotopic (exact) mass is 535 g/mol. The Morgan fingerprint density at radius 2 is 1.81 bits per heavy atom. The summed E-state index contributed by atoms with van der Waals surface area (Å²) >= 11 is 7.46. The number of ether oxygens (including phenoxy) is 1. The SMILES string of the molecule is COc1cnc(Cl)cc1-c1cc(C)ncc1C(=O)Nc1nc2c(s1)CN(C(=O)c1ncc(C)nc1C)C2. The molecule has 0 fully saturated rings. The van der Waals surface area contributed by atoms with E-state index in [2.05, 4.69) is 30.2 Å². The van der Waals surface area contributed by atoms with Gasteiger partial charge in [-0.25, -0.2) is 15.0 Å². The zero-order chi connectivity index (χ0) is 26.3. The van der Waals surface area contributed by atoms with Crippen molar-refractivity contribution in [1.29, 1.82) is 0 Å². The predicted molar refractivity (Wildman–Crippen MR) is 139 cm³/mol. The van der Waals surface area contributed by atoms with Gasteiger partial charge in [0, 0.05) is 29.2 Å². The van der Waals surface area contributed by atoms with E-state index in [-0.39, 0.29) is 17.0 Å². The summed E-state index contributed by atoms with van der Waals surface area (Å²) in [5.41, 5.74) is 4.74. The highest BCUT2D eigenvalue weighted by atomic mass is 35.5. The molecule has 4 aromatic rings. The normalized spacial score (nSPS) is 12.4. The van der Waals surface area contributed by atoms with Crippen molar-refractivity contribution in [2.24, 2.45) is 0 Å². The quantitative estimate of drug-likeness (QED) is 0.373. The van der Waals surface area contributed by atoms with E-state index in [0.717, 1.165) is 22.0 Å². The van der Waals surface area contributed by atoms with Crippen LogP contribution in [-0.2, 0) is 13.1 Å². The molecule has 5 heterocycles. The van der Waals surface area contributed by atoms with Gasteiger partial charge < -0.3 is 9.64 Å². The second-order valence-corrected chi connectivity index (χ2v) is 10.00. The Morgan fingerprint density at radius 1 is 1.00 bits per heavy atom. The molecule has 0 saturated heterocycles. The molecule has 0 bridgehead atoms. The average Bonchev–Trinajstić information content (AvgIpc) is 3.42. The van der Waals surface area contributed by atoms with Crippen LogP contribution in [0.1, 0.15) is 48.5 Å². The molecule has 1 aliphatic rings. The Kier molecular flexibility index (Phi) is 6.57. The van der Waals surface area contributed by atoms with Crippen LogP contribution in [0, 0.1) is 20.8 Å². The van der Waals surface area contributed by atoms with Crippen molar-refractivity contribution in [1.82, 2.24) is 29.8 Å². The number of nitrogens with zero attached hydrogens (tertiary/aromatic N) is 6. The lowest BCUT2D eigenvalue weighted by atomic mass is 10.0. The van der Waals surface area contributed by atoms with Crippen LogP contribution in [-0.4, -0.2) is 48.7 Å². The largest absolute Gasteiger partial charge is 0.494 e. The van der Waals surface area contributed by atoms with E-state index in [1.807, 2.05) is 13.8 Å². The molecule has 2 amide bonds. The van der Waals surface area contributed by atoms with Gasteiger partial charge in [0.1, 0.15) is 16.6 Å². The van der Waals surface area contributed by atoms with Gasteiger partial charge in [-0.15, -0.1) is 0 Å². The number of pyridine rings is 2. The van der Waals surface area contributed by atoms with Gasteiger partial charge in [-0.1, -0.05) is 22.9 Å². The van der Waals surface area contributed by atoms with E-state index in [4.69, 9.17) is 16.3 Å². The number of amides is 2. The number of nitrogens with one attached hydrogen (secondary N) is 1. The van der Waals surface area contributed by atoms with Crippen molar-refractivity contribution in [2.45, 2.75) is 33.9 Å². The summed E-state index contributed by atoms with van der Waals surface area (Å²) in [7, 11) is 1.53. The number of hydrogen-bond donors (Lipinski definition) is 1. The number of carbonyl (C=O) groups is 2. The summed E-state index contributed by atoms with van der Waals surface area (Å²) in [6.07, 6.45) is 4.61. The van der Waals surface area contributed by atoms with Gasteiger partial charge in [-0.2, -0.15) is 0 Å². The lowest BCUT2D eigenvalue weighted by molar-refractivity contribution is 0.0743. The number of fused-ring (bicyclic) bond motifs is 1. The molecule has 5 rings (SSSR count). The molecule has 0 radical (unpaired) electrons. The Morgan fingerprint density at radius 3 is 2.54 bits per heavy atom. The standard InChI is InChI=1S/C25H22ClN7O3S/c1-12-5-15(16-6-21(26)28-9-19(16)36-4)17(8-27-12)23(34)32-25-31-18-10-33(11-20(18)37-25)24(35)22-14(3)30-13(2)7-29-22/h5-9H,10-11H2,1-4H3,(H,31,32,34). The molecule has 188 valence electrons. The van der Waals surface area contributed by atoms with Crippen LogP contribution in [0.4, 0.5) is 5.13 Å². The van der Waals surface area contributed by atoms with Crippen LogP contribution in [0.25, 0.3) is 11.1 Å². The van der Waals surface area contributed by atoms with Crippen LogP contribution in [0.3, 0.4) is 0 Å². The molecule has 10 nitrogen and oxygen atoms in total. The number of aryl methyl sites for hydroxylation is 3. The first-order chi connectivity index (χ1) is 17.7. The Labute approximate surface area is 221 Å². The molecule has 4 aromatic heterocycles. The Hall–Kier alpha value is -3.96. The van der Waals surface area contributed by atoms with Crippen molar-refractivity contribution in [2.75, 3.05) is 12.4 Å². The zero-order valence-corrected chi connectivity index (χ0v) is 22.1. The minimum atomic E-state index is -0.372. The van der Waals surface area contributed by atoms with Crippen molar-refractivity contribution in [3.8, 4) is 16.9 Å². The maximum atomic E-state index is 13.3. The van der Waals surface area contributed by atoms with Gasteiger partial charge in [0.25, 0.3) is 11.8 Å². The second-order valence-electron chi connectivity index (χ2n) is 8.53. The molecule has 0 atom stereocenters. The van der Waals surface area contributed by atoms with Gasteiger partial charge in [0.2, 0.25) is 0 Å². The second kappa shape index (κ2) is 9.83. The summed E-state index contributed by atoms with van der Waals surface area (Å²) in [4.78, 5) is 50.4. The number of rotatable bonds is 5. The molecule has 0 unspecified atom stereocenters. The van der Waals surface area contributed by atoms with E-state index in [1.165, 1.54) is 30.8 Å². The molecule has 37 heavy (non-hydrogen) atoms. The third-order valence-electron chi connectivity index (χ3n) is 5.86. The smallest absolute Gasteiger partial charge is 0.275 e. The zero-order valence-electron chi connectivity index (χ0n) is 20.5. The minimum Gasteiger partial charge on any atom is -0.494 e. The number of halogens is 1. The molecule has 1 aliphatic heterocycles. The third kappa shape index (κ3) is 4.87. The average molecular weight is 536 g/mol. The van der Waals surface area contributed by atoms with E-state index < -0.39 is 0 Å². The van der Waals surface area contributed by atoms with E-state index in [1.54, 1.807) is 30.2 Å². The maximum absolute atomic E-state index is 13.3. The van der Waals surface area contributed by atoms with Crippen LogP contribution in [0.2, 0.25) is 5.15 Å². The van der Waals surface area contributed by atoms with Crippen molar-refractivity contribution < 1.29 is 14.3 Å². The number of methoxy groups -OCH3 is 1.